The average molecular weight is 475 g/mol. The molecule has 7 nitrogen and oxygen atoms in total. The summed E-state index contributed by atoms with van der Waals surface area (Å²) in [6.45, 7) is 8.11. The number of ether oxygens (including phenoxy) is 1. The van der Waals surface area contributed by atoms with Gasteiger partial charge in [0.1, 0.15) is 11.6 Å². The summed E-state index contributed by atoms with van der Waals surface area (Å²) in [5.41, 5.74) is 2.35. The molecule has 2 heterocycles. The van der Waals surface area contributed by atoms with Crippen LogP contribution in [0.25, 0.3) is 11.1 Å². The molecule has 3 N–H and O–H groups in total. The molecule has 170 valence electrons. The first kappa shape index (κ1) is 23.8. The Bertz CT molecular complexity index is 1090. The van der Waals surface area contributed by atoms with Gasteiger partial charge in [-0.15, -0.1) is 11.3 Å². The zero-order chi connectivity index (χ0) is 23.3. The van der Waals surface area contributed by atoms with Crippen LogP contribution in [0.5, 0.6) is 5.75 Å². The van der Waals surface area contributed by atoms with Gasteiger partial charge in [-0.3, -0.25) is 0 Å². The zero-order valence-corrected chi connectivity index (χ0v) is 20.0. The molecular formula is C23H27ClN4O3S. The Balaban J connectivity index is 1.64. The van der Waals surface area contributed by atoms with Gasteiger partial charge in [0, 0.05) is 17.1 Å². The minimum Gasteiger partial charge on any atom is -0.492 e. The van der Waals surface area contributed by atoms with Gasteiger partial charge in [-0.2, -0.15) is 0 Å². The third kappa shape index (κ3) is 6.83. The van der Waals surface area contributed by atoms with Crippen LogP contribution in [0, 0.1) is 12.8 Å². The van der Waals surface area contributed by atoms with Crippen molar-refractivity contribution in [2.45, 2.75) is 39.7 Å². The number of hydrogen-bond donors (Lipinski definition) is 3. The molecule has 0 spiro atoms. The Hall–Kier alpha value is -2.84. The molecule has 1 atom stereocenters. The molecule has 0 bridgehead atoms. The number of aromatic nitrogens is 2. The van der Waals surface area contributed by atoms with E-state index in [0.29, 0.717) is 29.6 Å². The van der Waals surface area contributed by atoms with Crippen LogP contribution >= 0.6 is 22.9 Å². The summed E-state index contributed by atoms with van der Waals surface area (Å²) in [4.78, 5) is 19.7. The highest BCUT2D eigenvalue weighted by Gasteiger charge is 2.23. The quantitative estimate of drug-likeness (QED) is 0.334. The van der Waals surface area contributed by atoms with Gasteiger partial charge in [0.25, 0.3) is 0 Å². The van der Waals surface area contributed by atoms with Gasteiger partial charge in [-0.05, 0) is 68.5 Å². The molecule has 1 amide bonds. The molecule has 0 aliphatic heterocycles. The predicted octanol–water partition coefficient (Wildman–Crippen LogP) is 6.36. The lowest BCUT2D eigenvalue weighted by molar-refractivity contribution is 0.169. The molecule has 9 heteroatoms. The minimum absolute atomic E-state index is 0.135. The van der Waals surface area contributed by atoms with Crippen LogP contribution in [0.2, 0.25) is 5.02 Å². The summed E-state index contributed by atoms with van der Waals surface area (Å²) in [7, 11) is 0. The average Bonchev–Trinajstić information content (AvgIpc) is 3.10. The molecule has 0 saturated carbocycles. The Morgan fingerprint density at radius 3 is 2.69 bits per heavy atom. The van der Waals surface area contributed by atoms with E-state index in [4.69, 9.17) is 21.4 Å². The van der Waals surface area contributed by atoms with Crippen LogP contribution in [-0.2, 0) is 0 Å². The fourth-order valence-corrected chi connectivity index (χ4v) is 4.43. The van der Waals surface area contributed by atoms with Crippen molar-refractivity contribution in [2.24, 2.45) is 5.92 Å². The summed E-state index contributed by atoms with van der Waals surface area (Å²) in [6.07, 6.45) is 1.35. The van der Waals surface area contributed by atoms with Crippen LogP contribution < -0.4 is 15.4 Å². The van der Waals surface area contributed by atoms with Crippen LogP contribution in [0.15, 0.2) is 41.9 Å². The number of benzene rings is 1. The molecule has 3 rings (SSSR count). The lowest BCUT2D eigenvalue weighted by Crippen LogP contribution is -2.44. The molecule has 0 saturated heterocycles. The van der Waals surface area contributed by atoms with Crippen molar-refractivity contribution in [1.29, 1.82) is 0 Å². The lowest BCUT2D eigenvalue weighted by atomic mass is 9.92. The van der Waals surface area contributed by atoms with Crippen molar-refractivity contribution < 1.29 is 14.6 Å². The van der Waals surface area contributed by atoms with E-state index >= 15 is 0 Å². The van der Waals surface area contributed by atoms with E-state index in [0.717, 1.165) is 22.0 Å². The van der Waals surface area contributed by atoms with E-state index in [1.807, 2.05) is 63.4 Å². The third-order valence-corrected chi connectivity index (χ3v) is 5.88. The van der Waals surface area contributed by atoms with E-state index in [-0.39, 0.29) is 5.92 Å². The molecule has 1 aromatic carbocycles. The number of hydrogen-bond acceptors (Lipinski definition) is 6. The maximum Gasteiger partial charge on any atom is 0.405 e. The molecular weight excluding hydrogens is 448 g/mol. The maximum absolute atomic E-state index is 10.9. The van der Waals surface area contributed by atoms with Gasteiger partial charge >= 0.3 is 6.09 Å². The Kier molecular flexibility index (Phi) is 7.58. The number of nitrogens with zero attached hydrogens (tertiary/aromatic N) is 2. The Morgan fingerprint density at radius 1 is 1.28 bits per heavy atom. The number of anilines is 2. The van der Waals surface area contributed by atoms with Gasteiger partial charge in [0.2, 0.25) is 0 Å². The summed E-state index contributed by atoms with van der Waals surface area (Å²) >= 11 is 8.01. The van der Waals surface area contributed by atoms with Crippen LogP contribution in [0.4, 0.5) is 15.7 Å². The fraction of sp³-hybridized carbons (Fsp3) is 0.348. The standard InChI is InChI=1S/C23H27ClN4O3S/c1-14(11-23(3,4)28-22(29)30)12-31-19-6-5-16(9-18(19)24)17-7-8-25-20(10-17)27-21-26-15(2)13-32-21/h5-10,13-14,28H,11-12H2,1-4H3,(H,29,30)(H,25,26,27)/t14-/m0/s1. The second kappa shape index (κ2) is 10.2. The van der Waals surface area contributed by atoms with Gasteiger partial charge in [0.05, 0.1) is 17.3 Å². The first-order valence-electron chi connectivity index (χ1n) is 10.2. The molecule has 2 aromatic heterocycles. The number of pyridine rings is 1. The summed E-state index contributed by atoms with van der Waals surface area (Å²) in [5, 5.41) is 18.0. The van der Waals surface area contributed by atoms with Gasteiger partial charge in [0.15, 0.2) is 5.13 Å². The van der Waals surface area contributed by atoms with Crippen molar-refractivity contribution in [2.75, 3.05) is 11.9 Å². The fourth-order valence-electron chi connectivity index (χ4n) is 3.50. The molecule has 0 aliphatic carbocycles. The van der Waals surface area contributed by atoms with E-state index in [2.05, 4.69) is 20.6 Å². The van der Waals surface area contributed by atoms with Gasteiger partial charge in [-0.1, -0.05) is 24.6 Å². The van der Waals surface area contributed by atoms with E-state index in [1.165, 1.54) is 11.3 Å². The third-order valence-electron chi connectivity index (χ3n) is 4.71. The molecule has 3 aromatic rings. The zero-order valence-electron chi connectivity index (χ0n) is 18.5. The van der Waals surface area contributed by atoms with Crippen molar-refractivity contribution >= 4 is 40.0 Å². The van der Waals surface area contributed by atoms with Crippen molar-refractivity contribution in [3.63, 3.8) is 0 Å². The van der Waals surface area contributed by atoms with Crippen molar-refractivity contribution in [1.82, 2.24) is 15.3 Å². The predicted molar refractivity (Wildman–Crippen MR) is 129 cm³/mol. The van der Waals surface area contributed by atoms with Gasteiger partial charge in [-0.25, -0.2) is 14.8 Å². The van der Waals surface area contributed by atoms with Crippen LogP contribution in [0.1, 0.15) is 32.9 Å². The number of carbonyl (C=O) groups is 1. The van der Waals surface area contributed by atoms with Crippen LogP contribution in [-0.4, -0.2) is 33.3 Å². The summed E-state index contributed by atoms with van der Waals surface area (Å²) < 4.78 is 5.91. The van der Waals surface area contributed by atoms with Crippen molar-refractivity contribution in [3.05, 3.63) is 52.6 Å². The Labute approximate surface area is 196 Å². The van der Waals surface area contributed by atoms with E-state index in [9.17, 15) is 4.79 Å². The second-order valence-corrected chi connectivity index (χ2v) is 9.69. The highest BCUT2D eigenvalue weighted by atomic mass is 35.5. The molecule has 32 heavy (non-hydrogen) atoms. The summed E-state index contributed by atoms with van der Waals surface area (Å²) in [6, 6.07) is 9.54. The largest absolute Gasteiger partial charge is 0.492 e. The van der Waals surface area contributed by atoms with Crippen LogP contribution in [0.3, 0.4) is 0 Å². The van der Waals surface area contributed by atoms with Gasteiger partial charge < -0.3 is 20.5 Å². The SMILES string of the molecule is Cc1csc(Nc2cc(-c3ccc(OC[C@@H](C)CC(C)(C)NC(=O)O)c(Cl)c3)ccn2)n1. The van der Waals surface area contributed by atoms with Crippen molar-refractivity contribution in [3.8, 4) is 16.9 Å². The molecule has 0 radical (unpaired) electrons. The van der Waals surface area contributed by atoms with E-state index in [1.54, 1.807) is 6.20 Å². The molecule has 0 aliphatic rings. The number of nitrogens with one attached hydrogen (secondary N) is 2. The number of carboxylic acid groups (broad SMARTS) is 1. The number of aryl methyl sites for hydroxylation is 1. The number of amides is 1. The number of rotatable bonds is 9. The number of thiazole rings is 1. The smallest absolute Gasteiger partial charge is 0.405 e. The lowest BCUT2D eigenvalue weighted by Gasteiger charge is -2.28. The second-order valence-electron chi connectivity index (χ2n) is 8.43. The molecule has 0 unspecified atom stereocenters. The number of halogens is 1. The topological polar surface area (TPSA) is 96.4 Å². The first-order chi connectivity index (χ1) is 15.1. The molecule has 0 fully saturated rings. The van der Waals surface area contributed by atoms with E-state index < -0.39 is 11.6 Å². The highest BCUT2D eigenvalue weighted by molar-refractivity contribution is 7.13. The monoisotopic (exact) mass is 474 g/mol. The minimum atomic E-state index is -1.03. The Morgan fingerprint density at radius 2 is 2.03 bits per heavy atom. The summed E-state index contributed by atoms with van der Waals surface area (Å²) in [5.74, 6) is 1.44. The highest BCUT2D eigenvalue weighted by Crippen LogP contribution is 2.32. The normalized spacial score (nSPS) is 12.3. The maximum atomic E-state index is 10.9. The first-order valence-corrected chi connectivity index (χ1v) is 11.5.